The minimum Gasteiger partial charge on any atom is -0.469 e. The van der Waals surface area contributed by atoms with E-state index < -0.39 is 0 Å². The van der Waals surface area contributed by atoms with Crippen molar-refractivity contribution in [1.29, 1.82) is 0 Å². The SMILES string of the molecule is COC(=O)C1CCN(CC(=O)N(C)Cc2ccc(-c3ccc(Cl)cc3)o2)CC1. The number of rotatable bonds is 6. The van der Waals surface area contributed by atoms with E-state index in [2.05, 4.69) is 4.90 Å². The molecular weight excluding hydrogens is 380 g/mol. The molecule has 1 saturated heterocycles. The third kappa shape index (κ3) is 5.14. The molecule has 0 atom stereocenters. The molecule has 1 aromatic heterocycles. The second kappa shape index (κ2) is 9.26. The first-order valence-corrected chi connectivity index (χ1v) is 9.73. The van der Waals surface area contributed by atoms with E-state index in [9.17, 15) is 9.59 Å². The summed E-state index contributed by atoms with van der Waals surface area (Å²) >= 11 is 5.92. The van der Waals surface area contributed by atoms with Gasteiger partial charge in [0, 0.05) is 17.6 Å². The molecule has 0 spiro atoms. The second-order valence-corrected chi connectivity index (χ2v) is 7.53. The minimum atomic E-state index is -0.155. The molecular formula is C21H25ClN2O4. The Balaban J connectivity index is 1.50. The monoisotopic (exact) mass is 404 g/mol. The number of carbonyl (C=O) groups is 2. The van der Waals surface area contributed by atoms with E-state index in [-0.39, 0.29) is 17.8 Å². The standard InChI is InChI=1S/C21H25ClN2O4/c1-23(20(25)14-24-11-9-16(10-12-24)21(26)27-2)13-18-7-8-19(28-18)15-3-5-17(22)6-4-15/h3-8,16H,9-14H2,1-2H3. The maximum absolute atomic E-state index is 12.5. The third-order valence-electron chi connectivity index (χ3n) is 5.09. The van der Waals surface area contributed by atoms with Crippen LogP contribution >= 0.6 is 11.6 Å². The number of amides is 1. The van der Waals surface area contributed by atoms with Gasteiger partial charge < -0.3 is 14.1 Å². The van der Waals surface area contributed by atoms with Crippen LogP contribution in [0.15, 0.2) is 40.8 Å². The largest absolute Gasteiger partial charge is 0.469 e. The Morgan fingerprint density at radius 3 is 2.50 bits per heavy atom. The fourth-order valence-corrected chi connectivity index (χ4v) is 3.49. The smallest absolute Gasteiger partial charge is 0.308 e. The maximum atomic E-state index is 12.5. The molecule has 0 N–H and O–H groups in total. The van der Waals surface area contributed by atoms with Crippen molar-refractivity contribution < 1.29 is 18.7 Å². The van der Waals surface area contributed by atoms with Gasteiger partial charge in [-0.05, 0) is 62.3 Å². The van der Waals surface area contributed by atoms with Crippen LogP contribution in [0.4, 0.5) is 0 Å². The predicted octanol–water partition coefficient (Wildman–Crippen LogP) is 3.44. The molecule has 1 aliphatic heterocycles. The van der Waals surface area contributed by atoms with Gasteiger partial charge in [-0.2, -0.15) is 0 Å². The summed E-state index contributed by atoms with van der Waals surface area (Å²) in [7, 11) is 3.19. The van der Waals surface area contributed by atoms with Crippen molar-refractivity contribution in [2.75, 3.05) is 33.8 Å². The van der Waals surface area contributed by atoms with Crippen molar-refractivity contribution >= 4 is 23.5 Å². The summed E-state index contributed by atoms with van der Waals surface area (Å²) in [6.45, 7) is 2.20. The number of nitrogens with zero attached hydrogens (tertiary/aromatic N) is 2. The topological polar surface area (TPSA) is 63.0 Å². The van der Waals surface area contributed by atoms with Crippen molar-refractivity contribution in [3.63, 3.8) is 0 Å². The Bertz CT molecular complexity index is 810. The molecule has 0 saturated carbocycles. The first-order chi connectivity index (χ1) is 13.5. The molecule has 28 heavy (non-hydrogen) atoms. The predicted molar refractivity (Wildman–Crippen MR) is 107 cm³/mol. The van der Waals surface area contributed by atoms with Gasteiger partial charge in [0.1, 0.15) is 11.5 Å². The van der Waals surface area contributed by atoms with E-state index in [1.807, 2.05) is 36.4 Å². The number of furan rings is 1. The van der Waals surface area contributed by atoms with Crippen molar-refractivity contribution in [1.82, 2.24) is 9.80 Å². The van der Waals surface area contributed by atoms with Crippen LogP contribution in [0.1, 0.15) is 18.6 Å². The van der Waals surface area contributed by atoms with Crippen molar-refractivity contribution in [2.24, 2.45) is 5.92 Å². The van der Waals surface area contributed by atoms with Gasteiger partial charge in [-0.1, -0.05) is 11.6 Å². The van der Waals surface area contributed by atoms with Gasteiger partial charge in [-0.3, -0.25) is 14.5 Å². The van der Waals surface area contributed by atoms with Gasteiger partial charge in [-0.25, -0.2) is 0 Å². The third-order valence-corrected chi connectivity index (χ3v) is 5.34. The summed E-state index contributed by atoms with van der Waals surface area (Å²) in [4.78, 5) is 27.9. The lowest BCUT2D eigenvalue weighted by Crippen LogP contribution is -2.43. The molecule has 2 heterocycles. The summed E-state index contributed by atoms with van der Waals surface area (Å²) in [5.74, 6) is 1.30. The van der Waals surface area contributed by atoms with Crippen LogP contribution in [0.25, 0.3) is 11.3 Å². The lowest BCUT2D eigenvalue weighted by atomic mass is 9.97. The minimum absolute atomic E-state index is 0.0287. The Morgan fingerprint density at radius 2 is 1.86 bits per heavy atom. The van der Waals surface area contributed by atoms with Crippen LogP contribution in [0.2, 0.25) is 5.02 Å². The molecule has 0 aliphatic carbocycles. The zero-order valence-electron chi connectivity index (χ0n) is 16.2. The molecule has 6 nitrogen and oxygen atoms in total. The summed E-state index contributed by atoms with van der Waals surface area (Å²) in [5.41, 5.74) is 0.943. The number of benzene rings is 1. The molecule has 0 bridgehead atoms. The van der Waals surface area contributed by atoms with E-state index in [1.165, 1.54) is 7.11 Å². The molecule has 1 aliphatic rings. The number of carbonyl (C=O) groups excluding carboxylic acids is 2. The van der Waals surface area contributed by atoms with Crippen molar-refractivity contribution in [2.45, 2.75) is 19.4 Å². The summed E-state index contributed by atoms with van der Waals surface area (Å²) in [6, 6.07) is 11.2. The highest BCUT2D eigenvalue weighted by molar-refractivity contribution is 6.30. The summed E-state index contributed by atoms with van der Waals surface area (Å²) in [5, 5.41) is 0.677. The van der Waals surface area contributed by atoms with E-state index >= 15 is 0 Å². The lowest BCUT2D eigenvalue weighted by Gasteiger charge is -2.31. The Labute approximate surface area is 170 Å². The number of halogens is 1. The van der Waals surface area contributed by atoms with Crippen molar-refractivity contribution in [3.05, 3.63) is 47.2 Å². The van der Waals surface area contributed by atoms with Crippen molar-refractivity contribution in [3.8, 4) is 11.3 Å². The zero-order valence-corrected chi connectivity index (χ0v) is 16.9. The van der Waals surface area contributed by atoms with E-state index in [4.69, 9.17) is 20.8 Å². The summed E-state index contributed by atoms with van der Waals surface area (Å²) in [6.07, 6.45) is 1.46. The highest BCUT2D eigenvalue weighted by Crippen LogP contribution is 2.24. The number of ether oxygens (including phenoxy) is 1. The zero-order chi connectivity index (χ0) is 20.1. The Kier molecular flexibility index (Phi) is 6.75. The van der Waals surface area contributed by atoms with Gasteiger partial charge in [0.05, 0.1) is 26.1 Å². The molecule has 2 aromatic rings. The Hall–Kier alpha value is -2.31. The average Bonchev–Trinajstić information content (AvgIpc) is 3.16. The van der Waals surface area contributed by atoms with Crippen LogP contribution in [0.5, 0.6) is 0 Å². The average molecular weight is 405 g/mol. The molecule has 1 amide bonds. The lowest BCUT2D eigenvalue weighted by molar-refractivity contribution is -0.147. The van der Waals surface area contributed by atoms with E-state index in [0.29, 0.717) is 18.1 Å². The first kappa shape index (κ1) is 20.4. The quantitative estimate of drug-likeness (QED) is 0.690. The number of likely N-dealkylation sites (N-methyl/N-ethyl adjacent to an activating group) is 1. The second-order valence-electron chi connectivity index (χ2n) is 7.10. The molecule has 7 heteroatoms. The van der Waals surface area contributed by atoms with Crippen LogP contribution in [-0.4, -0.2) is 55.5 Å². The molecule has 0 radical (unpaired) electrons. The normalized spacial score (nSPS) is 15.4. The fourth-order valence-electron chi connectivity index (χ4n) is 3.36. The van der Waals surface area contributed by atoms with Gasteiger partial charge >= 0.3 is 5.97 Å². The van der Waals surface area contributed by atoms with Crippen LogP contribution in [-0.2, 0) is 20.9 Å². The fraction of sp³-hybridized carbons (Fsp3) is 0.429. The number of hydrogen-bond acceptors (Lipinski definition) is 5. The molecule has 0 unspecified atom stereocenters. The van der Waals surface area contributed by atoms with Gasteiger partial charge in [0.15, 0.2) is 0 Å². The maximum Gasteiger partial charge on any atom is 0.308 e. The highest BCUT2D eigenvalue weighted by atomic mass is 35.5. The molecule has 150 valence electrons. The van der Waals surface area contributed by atoms with Gasteiger partial charge in [-0.15, -0.1) is 0 Å². The van der Waals surface area contributed by atoms with Gasteiger partial charge in [0.25, 0.3) is 0 Å². The van der Waals surface area contributed by atoms with Crippen LogP contribution in [0, 0.1) is 5.92 Å². The van der Waals surface area contributed by atoms with E-state index in [1.54, 1.807) is 11.9 Å². The van der Waals surface area contributed by atoms with Crippen LogP contribution < -0.4 is 0 Å². The number of methoxy groups -OCH3 is 1. The highest BCUT2D eigenvalue weighted by Gasteiger charge is 2.27. The number of esters is 1. The van der Waals surface area contributed by atoms with E-state index in [0.717, 1.165) is 43.0 Å². The summed E-state index contributed by atoms with van der Waals surface area (Å²) < 4.78 is 10.7. The molecule has 1 aromatic carbocycles. The number of likely N-dealkylation sites (tertiary alicyclic amines) is 1. The number of hydrogen-bond donors (Lipinski definition) is 0. The number of piperidine rings is 1. The molecule has 3 rings (SSSR count). The first-order valence-electron chi connectivity index (χ1n) is 9.35. The Morgan fingerprint density at radius 1 is 1.18 bits per heavy atom. The van der Waals surface area contributed by atoms with Gasteiger partial charge in [0.2, 0.25) is 5.91 Å². The molecule has 1 fully saturated rings. The van der Waals surface area contributed by atoms with Crippen LogP contribution in [0.3, 0.4) is 0 Å².